The zero-order valence-electron chi connectivity index (χ0n) is 13.3. The first kappa shape index (κ1) is 15.2. The second-order valence-electron chi connectivity index (χ2n) is 7.59. The molecular formula is C16H26FN3. The van der Waals surface area contributed by atoms with Crippen molar-refractivity contribution in [3.63, 3.8) is 0 Å². The van der Waals surface area contributed by atoms with Crippen molar-refractivity contribution in [1.82, 2.24) is 9.97 Å². The third-order valence-corrected chi connectivity index (χ3v) is 4.09. The summed E-state index contributed by atoms with van der Waals surface area (Å²) in [6, 6.07) is 0.267. The van der Waals surface area contributed by atoms with E-state index in [4.69, 9.17) is 0 Å². The zero-order valence-corrected chi connectivity index (χ0v) is 13.3. The quantitative estimate of drug-likeness (QED) is 0.901. The van der Waals surface area contributed by atoms with Gasteiger partial charge in [0.15, 0.2) is 11.6 Å². The van der Waals surface area contributed by atoms with Gasteiger partial charge in [-0.1, -0.05) is 34.6 Å². The van der Waals surface area contributed by atoms with Gasteiger partial charge in [-0.2, -0.15) is 0 Å². The Balaban J connectivity index is 2.17. The molecule has 1 aliphatic carbocycles. The third kappa shape index (κ3) is 3.47. The molecule has 0 spiro atoms. The fraction of sp³-hybridized carbons (Fsp3) is 0.750. The standard InChI is InChI=1S/C16H26FN3/c1-6-12-13(17)14(19-10-18-12)20-11-7-15(2,3)9-16(4,5)8-11/h10-11H,6-9H2,1-5H3,(H,18,19,20). The Kier molecular flexibility index (Phi) is 4.03. The normalized spacial score (nSPS) is 21.7. The van der Waals surface area contributed by atoms with E-state index >= 15 is 0 Å². The maximum atomic E-state index is 14.2. The van der Waals surface area contributed by atoms with E-state index in [0.29, 0.717) is 17.9 Å². The molecule has 0 aromatic carbocycles. The van der Waals surface area contributed by atoms with Gasteiger partial charge in [-0.25, -0.2) is 14.4 Å². The van der Waals surface area contributed by atoms with Crippen LogP contribution >= 0.6 is 0 Å². The number of hydrogen-bond donors (Lipinski definition) is 1. The number of hydrogen-bond acceptors (Lipinski definition) is 3. The van der Waals surface area contributed by atoms with Crippen molar-refractivity contribution in [2.75, 3.05) is 5.32 Å². The highest BCUT2D eigenvalue weighted by Crippen LogP contribution is 2.46. The van der Waals surface area contributed by atoms with Crippen molar-refractivity contribution in [3.8, 4) is 0 Å². The number of aryl methyl sites for hydroxylation is 1. The average Bonchev–Trinajstić information content (AvgIpc) is 2.27. The molecule has 112 valence electrons. The van der Waals surface area contributed by atoms with Crippen molar-refractivity contribution in [2.45, 2.75) is 66.3 Å². The zero-order chi connectivity index (χ0) is 15.0. The van der Waals surface area contributed by atoms with E-state index in [1.807, 2.05) is 6.92 Å². The molecule has 1 aromatic rings. The van der Waals surface area contributed by atoms with Crippen LogP contribution < -0.4 is 5.32 Å². The predicted octanol–water partition coefficient (Wildman–Crippen LogP) is 4.19. The summed E-state index contributed by atoms with van der Waals surface area (Å²) < 4.78 is 14.2. The van der Waals surface area contributed by atoms with Crippen molar-refractivity contribution in [3.05, 3.63) is 17.8 Å². The van der Waals surface area contributed by atoms with Gasteiger partial charge < -0.3 is 5.32 Å². The fourth-order valence-electron chi connectivity index (χ4n) is 3.89. The van der Waals surface area contributed by atoms with Crippen LogP contribution in [0.3, 0.4) is 0 Å². The molecular weight excluding hydrogens is 253 g/mol. The number of aromatic nitrogens is 2. The SMILES string of the molecule is CCc1ncnc(NC2CC(C)(C)CC(C)(C)C2)c1F. The fourth-order valence-corrected chi connectivity index (χ4v) is 3.89. The van der Waals surface area contributed by atoms with Crippen molar-refractivity contribution in [2.24, 2.45) is 10.8 Å². The summed E-state index contributed by atoms with van der Waals surface area (Å²) in [5.41, 5.74) is 1.03. The van der Waals surface area contributed by atoms with Gasteiger partial charge in [0, 0.05) is 6.04 Å². The van der Waals surface area contributed by atoms with Crippen molar-refractivity contribution < 1.29 is 4.39 Å². The van der Waals surface area contributed by atoms with Crippen molar-refractivity contribution in [1.29, 1.82) is 0 Å². The van der Waals surface area contributed by atoms with Crippen LogP contribution in [0.5, 0.6) is 0 Å². The monoisotopic (exact) mass is 279 g/mol. The summed E-state index contributed by atoms with van der Waals surface area (Å²) in [4.78, 5) is 8.06. The molecule has 1 aliphatic rings. The minimum atomic E-state index is -0.295. The highest BCUT2D eigenvalue weighted by Gasteiger charge is 2.38. The van der Waals surface area contributed by atoms with Crippen molar-refractivity contribution >= 4 is 5.82 Å². The Morgan fingerprint density at radius 3 is 2.35 bits per heavy atom. The molecule has 0 unspecified atom stereocenters. The lowest BCUT2D eigenvalue weighted by atomic mass is 9.63. The maximum absolute atomic E-state index is 14.2. The van der Waals surface area contributed by atoms with Crippen LogP contribution in [0.15, 0.2) is 6.33 Å². The number of halogens is 1. The smallest absolute Gasteiger partial charge is 0.186 e. The molecule has 1 saturated carbocycles. The van der Waals surface area contributed by atoms with E-state index in [2.05, 4.69) is 43.0 Å². The summed E-state index contributed by atoms with van der Waals surface area (Å²) in [6.45, 7) is 11.1. The Bertz CT molecular complexity index is 467. The molecule has 1 fully saturated rings. The van der Waals surface area contributed by atoms with Gasteiger partial charge in [-0.05, 0) is 36.5 Å². The number of anilines is 1. The van der Waals surface area contributed by atoms with Gasteiger partial charge in [-0.3, -0.25) is 0 Å². The summed E-state index contributed by atoms with van der Waals surface area (Å²) in [6.07, 6.45) is 5.32. The van der Waals surface area contributed by atoms with Gasteiger partial charge in [0.25, 0.3) is 0 Å². The lowest BCUT2D eigenvalue weighted by Gasteiger charge is -2.45. The predicted molar refractivity (Wildman–Crippen MR) is 80.2 cm³/mol. The summed E-state index contributed by atoms with van der Waals surface area (Å²) >= 11 is 0. The Hall–Kier alpha value is -1.19. The topological polar surface area (TPSA) is 37.8 Å². The first-order valence-electron chi connectivity index (χ1n) is 7.48. The van der Waals surface area contributed by atoms with Crippen LogP contribution in [0.2, 0.25) is 0 Å². The van der Waals surface area contributed by atoms with E-state index in [0.717, 1.165) is 12.8 Å². The number of nitrogens with zero attached hydrogens (tertiary/aromatic N) is 2. The molecule has 1 N–H and O–H groups in total. The molecule has 1 aromatic heterocycles. The molecule has 0 aliphatic heterocycles. The molecule has 0 bridgehead atoms. The Labute approximate surface area is 121 Å². The van der Waals surface area contributed by atoms with Gasteiger partial charge in [0.1, 0.15) is 6.33 Å². The van der Waals surface area contributed by atoms with Crippen LogP contribution in [0, 0.1) is 16.6 Å². The van der Waals surface area contributed by atoms with Crippen LogP contribution in [0.1, 0.15) is 59.6 Å². The maximum Gasteiger partial charge on any atom is 0.186 e. The largest absolute Gasteiger partial charge is 0.365 e. The van der Waals surface area contributed by atoms with Crippen LogP contribution in [0.4, 0.5) is 10.2 Å². The number of rotatable bonds is 3. The highest BCUT2D eigenvalue weighted by molar-refractivity contribution is 5.38. The van der Waals surface area contributed by atoms with Crippen LogP contribution in [0.25, 0.3) is 0 Å². The lowest BCUT2D eigenvalue weighted by molar-refractivity contribution is 0.105. The molecule has 3 nitrogen and oxygen atoms in total. The summed E-state index contributed by atoms with van der Waals surface area (Å²) in [7, 11) is 0. The third-order valence-electron chi connectivity index (χ3n) is 4.09. The molecule has 0 atom stereocenters. The minimum Gasteiger partial charge on any atom is -0.365 e. The molecule has 0 amide bonds. The van der Waals surface area contributed by atoms with Gasteiger partial charge >= 0.3 is 0 Å². The molecule has 4 heteroatoms. The Morgan fingerprint density at radius 2 is 1.80 bits per heavy atom. The van der Waals surface area contributed by atoms with E-state index in [1.54, 1.807) is 0 Å². The van der Waals surface area contributed by atoms with Gasteiger partial charge in [0.2, 0.25) is 0 Å². The van der Waals surface area contributed by atoms with Gasteiger partial charge in [0.05, 0.1) is 5.69 Å². The van der Waals surface area contributed by atoms with Crippen LogP contribution in [-0.4, -0.2) is 16.0 Å². The highest BCUT2D eigenvalue weighted by atomic mass is 19.1. The molecule has 0 radical (unpaired) electrons. The summed E-state index contributed by atoms with van der Waals surface area (Å²) in [5.74, 6) is 0.0616. The van der Waals surface area contributed by atoms with E-state index < -0.39 is 0 Å². The first-order valence-corrected chi connectivity index (χ1v) is 7.48. The first-order chi connectivity index (χ1) is 9.22. The van der Waals surface area contributed by atoms with E-state index in [1.165, 1.54) is 12.7 Å². The molecule has 1 heterocycles. The van der Waals surface area contributed by atoms with E-state index in [9.17, 15) is 4.39 Å². The van der Waals surface area contributed by atoms with E-state index in [-0.39, 0.29) is 22.7 Å². The molecule has 20 heavy (non-hydrogen) atoms. The number of nitrogens with one attached hydrogen (secondary N) is 1. The average molecular weight is 279 g/mol. The Morgan fingerprint density at radius 1 is 1.20 bits per heavy atom. The second kappa shape index (κ2) is 5.30. The van der Waals surface area contributed by atoms with Crippen LogP contribution in [-0.2, 0) is 6.42 Å². The second-order valence-corrected chi connectivity index (χ2v) is 7.59. The molecule has 0 saturated heterocycles. The molecule has 2 rings (SSSR count). The minimum absolute atomic E-state index is 0.267. The summed E-state index contributed by atoms with van der Waals surface area (Å²) in [5, 5.41) is 3.31. The van der Waals surface area contributed by atoms with Gasteiger partial charge in [-0.15, -0.1) is 0 Å². The lowest BCUT2D eigenvalue weighted by Crippen LogP contribution is -2.40.